The molecule has 0 aliphatic rings. The molecule has 24 heavy (non-hydrogen) atoms. The molecule has 1 heterocycles. The number of hydrogen-bond acceptors (Lipinski definition) is 4. The molecule has 4 nitrogen and oxygen atoms in total. The van der Waals surface area contributed by atoms with E-state index in [4.69, 9.17) is 9.15 Å². The predicted molar refractivity (Wildman–Crippen MR) is 92.7 cm³/mol. The third kappa shape index (κ3) is 3.08. The van der Waals surface area contributed by atoms with Crippen molar-refractivity contribution in [2.45, 2.75) is 27.4 Å². The Balaban J connectivity index is 1.96. The van der Waals surface area contributed by atoms with Crippen molar-refractivity contribution in [3.63, 3.8) is 0 Å². The fourth-order valence-electron chi connectivity index (χ4n) is 2.61. The second kappa shape index (κ2) is 6.32. The van der Waals surface area contributed by atoms with Crippen molar-refractivity contribution in [3.8, 4) is 5.75 Å². The van der Waals surface area contributed by atoms with E-state index in [0.717, 1.165) is 22.1 Å². The van der Waals surface area contributed by atoms with Crippen LogP contribution < -0.4 is 10.4 Å². The summed E-state index contributed by atoms with van der Waals surface area (Å²) in [5.74, 6) is 0.574. The molecular weight excluding hydrogens is 304 g/mol. The smallest absolute Gasteiger partial charge is 0.336 e. The number of benzene rings is 2. The van der Waals surface area contributed by atoms with E-state index in [2.05, 4.69) is 0 Å². The van der Waals surface area contributed by atoms with Gasteiger partial charge in [0.2, 0.25) is 0 Å². The van der Waals surface area contributed by atoms with Crippen LogP contribution >= 0.6 is 0 Å². The molecule has 0 radical (unpaired) electrons. The summed E-state index contributed by atoms with van der Waals surface area (Å²) >= 11 is 0. The number of ether oxygens (including phenoxy) is 1. The standard InChI is InChI=1S/C20H18O4/c1-12-7-8-18-16(10-19(22)24-20(18)13(12)2)11-23-17-6-4-5-15(9-17)14(3)21/h4-10H,11H2,1-3H3. The maximum Gasteiger partial charge on any atom is 0.336 e. The van der Waals surface area contributed by atoms with Crippen LogP contribution in [0.15, 0.2) is 51.7 Å². The van der Waals surface area contributed by atoms with Crippen molar-refractivity contribution in [2.24, 2.45) is 0 Å². The van der Waals surface area contributed by atoms with Gasteiger partial charge in [0, 0.05) is 22.6 Å². The molecule has 2 aromatic carbocycles. The zero-order valence-corrected chi connectivity index (χ0v) is 13.9. The summed E-state index contributed by atoms with van der Waals surface area (Å²) in [6, 6.07) is 12.4. The number of carbonyl (C=O) groups excluding carboxylic acids is 1. The minimum atomic E-state index is -0.396. The normalized spacial score (nSPS) is 10.8. The first-order valence-electron chi connectivity index (χ1n) is 7.72. The maximum absolute atomic E-state index is 11.9. The summed E-state index contributed by atoms with van der Waals surface area (Å²) in [6.45, 7) is 5.65. The van der Waals surface area contributed by atoms with E-state index in [9.17, 15) is 9.59 Å². The molecule has 3 rings (SSSR count). The van der Waals surface area contributed by atoms with Gasteiger partial charge in [0.15, 0.2) is 5.78 Å². The van der Waals surface area contributed by atoms with Crippen LogP contribution in [-0.2, 0) is 6.61 Å². The highest BCUT2D eigenvalue weighted by atomic mass is 16.5. The van der Waals surface area contributed by atoms with Gasteiger partial charge in [0.25, 0.3) is 0 Å². The molecule has 0 saturated heterocycles. The topological polar surface area (TPSA) is 56.5 Å². The number of rotatable bonds is 4. The Morgan fingerprint density at radius 2 is 1.92 bits per heavy atom. The fourth-order valence-corrected chi connectivity index (χ4v) is 2.61. The van der Waals surface area contributed by atoms with Gasteiger partial charge < -0.3 is 9.15 Å². The average molecular weight is 322 g/mol. The molecule has 0 N–H and O–H groups in total. The Labute approximate surface area is 139 Å². The van der Waals surface area contributed by atoms with Crippen LogP contribution in [0.3, 0.4) is 0 Å². The highest BCUT2D eigenvalue weighted by Crippen LogP contribution is 2.24. The second-order valence-electron chi connectivity index (χ2n) is 5.85. The van der Waals surface area contributed by atoms with Crippen LogP contribution in [0.1, 0.15) is 34.0 Å². The molecular formula is C20H18O4. The highest BCUT2D eigenvalue weighted by Gasteiger charge is 2.10. The summed E-state index contributed by atoms with van der Waals surface area (Å²) in [5, 5.41) is 0.862. The van der Waals surface area contributed by atoms with E-state index in [1.54, 1.807) is 24.3 Å². The number of ketones is 1. The van der Waals surface area contributed by atoms with Gasteiger partial charge in [-0.15, -0.1) is 0 Å². The van der Waals surface area contributed by atoms with Crippen LogP contribution in [-0.4, -0.2) is 5.78 Å². The summed E-state index contributed by atoms with van der Waals surface area (Å²) in [7, 11) is 0. The monoisotopic (exact) mass is 322 g/mol. The molecule has 0 unspecified atom stereocenters. The van der Waals surface area contributed by atoms with Gasteiger partial charge in [-0.3, -0.25) is 4.79 Å². The zero-order valence-electron chi connectivity index (χ0n) is 13.9. The number of carbonyl (C=O) groups is 1. The van der Waals surface area contributed by atoms with E-state index in [-0.39, 0.29) is 12.4 Å². The molecule has 0 atom stereocenters. The van der Waals surface area contributed by atoms with Crippen LogP contribution in [0.2, 0.25) is 0 Å². The van der Waals surface area contributed by atoms with Crippen molar-refractivity contribution >= 4 is 16.8 Å². The molecule has 4 heteroatoms. The quantitative estimate of drug-likeness (QED) is 0.534. The number of Topliss-reactive ketones (excluding diaryl/α,β-unsaturated/α-hetero) is 1. The molecule has 0 saturated carbocycles. The lowest BCUT2D eigenvalue weighted by Gasteiger charge is -2.11. The first kappa shape index (κ1) is 16.0. The largest absolute Gasteiger partial charge is 0.489 e. The van der Waals surface area contributed by atoms with Crippen LogP contribution in [0.25, 0.3) is 11.0 Å². The van der Waals surface area contributed by atoms with Crippen molar-refractivity contribution in [3.05, 3.63) is 75.1 Å². The molecule has 0 fully saturated rings. The van der Waals surface area contributed by atoms with Crippen LogP contribution in [0, 0.1) is 13.8 Å². The number of hydrogen-bond donors (Lipinski definition) is 0. The molecule has 1 aromatic heterocycles. The van der Waals surface area contributed by atoms with E-state index in [0.29, 0.717) is 16.9 Å². The highest BCUT2D eigenvalue weighted by molar-refractivity contribution is 5.94. The van der Waals surface area contributed by atoms with E-state index in [1.165, 1.54) is 13.0 Å². The maximum atomic E-state index is 11.9. The first-order valence-corrected chi connectivity index (χ1v) is 7.72. The van der Waals surface area contributed by atoms with Crippen molar-refractivity contribution < 1.29 is 13.9 Å². The first-order chi connectivity index (χ1) is 11.5. The zero-order chi connectivity index (χ0) is 17.3. The van der Waals surface area contributed by atoms with Gasteiger partial charge in [-0.1, -0.05) is 24.3 Å². The molecule has 3 aromatic rings. The summed E-state index contributed by atoms with van der Waals surface area (Å²) < 4.78 is 11.1. The van der Waals surface area contributed by atoms with Gasteiger partial charge in [0.05, 0.1) is 0 Å². The molecule has 0 aliphatic heterocycles. The van der Waals surface area contributed by atoms with Gasteiger partial charge >= 0.3 is 5.63 Å². The van der Waals surface area contributed by atoms with Crippen molar-refractivity contribution in [1.29, 1.82) is 0 Å². The van der Waals surface area contributed by atoms with Gasteiger partial charge in [-0.25, -0.2) is 4.79 Å². The van der Waals surface area contributed by atoms with Gasteiger partial charge in [0.1, 0.15) is 17.9 Å². The Bertz CT molecular complexity index is 983. The van der Waals surface area contributed by atoms with Crippen LogP contribution in [0.4, 0.5) is 0 Å². The van der Waals surface area contributed by atoms with Crippen LogP contribution in [0.5, 0.6) is 5.75 Å². The van der Waals surface area contributed by atoms with E-state index in [1.807, 2.05) is 26.0 Å². The van der Waals surface area contributed by atoms with E-state index < -0.39 is 5.63 Å². The Kier molecular flexibility index (Phi) is 4.21. The minimum absolute atomic E-state index is 0.0163. The Hall–Kier alpha value is -2.88. The molecule has 0 bridgehead atoms. The van der Waals surface area contributed by atoms with Gasteiger partial charge in [-0.2, -0.15) is 0 Å². The SMILES string of the molecule is CC(=O)c1cccc(OCc2cc(=O)oc3c(C)c(C)ccc23)c1. The van der Waals surface area contributed by atoms with Crippen molar-refractivity contribution in [2.75, 3.05) is 0 Å². The second-order valence-corrected chi connectivity index (χ2v) is 5.85. The summed E-state index contributed by atoms with van der Waals surface area (Å²) in [4.78, 5) is 23.3. The molecule has 0 aliphatic carbocycles. The third-order valence-electron chi connectivity index (χ3n) is 4.15. The lowest BCUT2D eigenvalue weighted by Crippen LogP contribution is -2.05. The molecule has 0 amide bonds. The third-order valence-corrected chi connectivity index (χ3v) is 4.15. The summed E-state index contributed by atoms with van der Waals surface area (Å²) in [6.07, 6.45) is 0. The Morgan fingerprint density at radius 1 is 1.12 bits per heavy atom. The fraction of sp³-hybridized carbons (Fsp3) is 0.200. The molecule has 0 spiro atoms. The van der Waals surface area contributed by atoms with E-state index >= 15 is 0 Å². The summed E-state index contributed by atoms with van der Waals surface area (Å²) in [5.41, 5.74) is 3.57. The van der Waals surface area contributed by atoms with Crippen molar-refractivity contribution in [1.82, 2.24) is 0 Å². The minimum Gasteiger partial charge on any atom is -0.489 e. The average Bonchev–Trinajstić information content (AvgIpc) is 2.56. The lowest BCUT2D eigenvalue weighted by molar-refractivity contribution is 0.101. The number of aryl methyl sites for hydroxylation is 2. The predicted octanol–water partition coefficient (Wildman–Crippen LogP) is 4.19. The number of fused-ring (bicyclic) bond motifs is 1. The van der Waals surface area contributed by atoms with Gasteiger partial charge in [-0.05, 0) is 44.0 Å². The Morgan fingerprint density at radius 3 is 2.67 bits per heavy atom. The lowest BCUT2D eigenvalue weighted by atomic mass is 10.0. The molecule has 122 valence electrons.